The van der Waals surface area contributed by atoms with Crippen LogP contribution in [0.25, 0.3) is 0 Å². The zero-order valence-corrected chi connectivity index (χ0v) is 14.2. The molecular formula is C13H27IN4O. The second kappa shape index (κ2) is 9.77. The molecule has 0 saturated heterocycles. The molecule has 0 heterocycles. The fourth-order valence-electron chi connectivity index (χ4n) is 2.45. The van der Waals surface area contributed by atoms with Gasteiger partial charge in [-0.05, 0) is 38.8 Å². The minimum absolute atomic E-state index is 0.0157. The second-order valence-electron chi connectivity index (χ2n) is 5.08. The molecule has 1 fully saturated rings. The molecule has 0 radical (unpaired) electrons. The first-order chi connectivity index (χ1) is 9.19. The minimum Gasteiger partial charge on any atom is -0.337 e. The maximum atomic E-state index is 11.8. The van der Waals surface area contributed by atoms with Crippen LogP contribution in [0.5, 0.6) is 0 Å². The van der Waals surface area contributed by atoms with Crippen molar-refractivity contribution >= 4 is 28.9 Å². The third-order valence-corrected chi connectivity index (χ3v) is 4.71. The molecule has 0 bridgehead atoms. The van der Waals surface area contributed by atoms with E-state index >= 15 is 0 Å². The summed E-state index contributed by atoms with van der Waals surface area (Å²) in [5, 5.41) is 6.02. The quantitative estimate of drug-likeness (QED) is 0.466. The number of nitrogens with zero attached hydrogens (tertiary/aromatic N) is 1. The highest BCUT2D eigenvalue weighted by Crippen LogP contribution is 2.19. The van der Waals surface area contributed by atoms with Gasteiger partial charge in [-0.15, -0.1) is 0 Å². The minimum atomic E-state index is -0.0157. The maximum Gasteiger partial charge on any atom is 0.315 e. The van der Waals surface area contributed by atoms with E-state index in [0.29, 0.717) is 12.1 Å². The van der Waals surface area contributed by atoms with E-state index in [4.69, 9.17) is 0 Å². The molecule has 0 aromatic rings. The van der Waals surface area contributed by atoms with Crippen LogP contribution in [0.2, 0.25) is 0 Å². The van der Waals surface area contributed by atoms with Crippen molar-refractivity contribution in [3.8, 4) is 0 Å². The van der Waals surface area contributed by atoms with Crippen LogP contribution >= 0.6 is 22.9 Å². The predicted octanol–water partition coefficient (Wildman–Crippen LogP) is 1.88. The zero-order valence-electron chi connectivity index (χ0n) is 12.0. The molecule has 1 rings (SSSR count). The Labute approximate surface area is 130 Å². The summed E-state index contributed by atoms with van der Waals surface area (Å²) in [4.78, 5) is 14.1. The van der Waals surface area contributed by atoms with Crippen molar-refractivity contribution in [1.82, 2.24) is 19.1 Å². The molecule has 1 aliphatic carbocycles. The summed E-state index contributed by atoms with van der Waals surface area (Å²) in [6.45, 7) is 8.00. The number of hydrogen-bond acceptors (Lipinski definition) is 3. The summed E-state index contributed by atoms with van der Waals surface area (Å²) in [5.74, 6) is 0. The summed E-state index contributed by atoms with van der Waals surface area (Å²) in [5.41, 5.74) is 0. The van der Waals surface area contributed by atoms with E-state index in [-0.39, 0.29) is 6.03 Å². The van der Waals surface area contributed by atoms with Crippen LogP contribution < -0.4 is 14.2 Å². The molecule has 0 aromatic carbocycles. The number of carbonyl (C=O) groups excluding carboxylic acids is 1. The molecule has 1 aliphatic rings. The van der Waals surface area contributed by atoms with Gasteiger partial charge < -0.3 is 15.5 Å². The van der Waals surface area contributed by atoms with Crippen LogP contribution in [-0.2, 0) is 0 Å². The van der Waals surface area contributed by atoms with E-state index < -0.39 is 0 Å². The van der Waals surface area contributed by atoms with Crippen molar-refractivity contribution < 1.29 is 4.79 Å². The van der Waals surface area contributed by atoms with Crippen molar-refractivity contribution in [1.29, 1.82) is 0 Å². The molecule has 3 N–H and O–H groups in total. The number of carbonyl (C=O) groups is 1. The summed E-state index contributed by atoms with van der Waals surface area (Å²) < 4.78 is 3.27. The van der Waals surface area contributed by atoms with E-state index in [2.05, 4.69) is 55.8 Å². The Kier molecular flexibility index (Phi) is 8.72. The molecule has 0 aliphatic heterocycles. The average Bonchev–Trinajstić information content (AvgIpc) is 2.44. The lowest BCUT2D eigenvalue weighted by Crippen LogP contribution is -2.46. The van der Waals surface area contributed by atoms with Gasteiger partial charge in [0.25, 0.3) is 0 Å². The van der Waals surface area contributed by atoms with Gasteiger partial charge in [0.15, 0.2) is 0 Å². The first-order valence-corrected chi connectivity index (χ1v) is 8.40. The molecule has 0 atom stereocenters. The topological polar surface area (TPSA) is 56.4 Å². The Bertz CT molecular complexity index is 253. The second-order valence-corrected chi connectivity index (χ2v) is 5.71. The molecule has 112 valence electrons. The van der Waals surface area contributed by atoms with Gasteiger partial charge in [0.2, 0.25) is 0 Å². The lowest BCUT2D eigenvalue weighted by Gasteiger charge is -2.28. The standard InChI is InChI=1S/C13H27IN4O/c1-3-18(4-2)10-9-15-13(19)16-11-5-7-12(17-14)8-6-11/h11-12,17H,3-10H2,1-2H3,(H2,15,16,19). The van der Waals surface area contributed by atoms with Crippen molar-refractivity contribution in [3.05, 3.63) is 0 Å². The molecule has 19 heavy (non-hydrogen) atoms. The summed E-state index contributed by atoms with van der Waals surface area (Å²) in [7, 11) is 0. The van der Waals surface area contributed by atoms with Crippen LogP contribution in [0.4, 0.5) is 4.79 Å². The first-order valence-electron chi connectivity index (χ1n) is 7.32. The molecule has 6 heteroatoms. The van der Waals surface area contributed by atoms with E-state index in [0.717, 1.165) is 51.9 Å². The van der Waals surface area contributed by atoms with Crippen LogP contribution in [0.1, 0.15) is 39.5 Å². The Morgan fingerprint density at radius 1 is 1.16 bits per heavy atom. The molecule has 0 spiro atoms. The van der Waals surface area contributed by atoms with Crippen molar-refractivity contribution in [2.24, 2.45) is 0 Å². The molecule has 1 saturated carbocycles. The van der Waals surface area contributed by atoms with Gasteiger partial charge in [0.05, 0.1) is 0 Å². The van der Waals surface area contributed by atoms with E-state index in [1.807, 2.05) is 0 Å². The SMILES string of the molecule is CCN(CC)CCNC(=O)NC1CCC(NI)CC1. The smallest absolute Gasteiger partial charge is 0.315 e. The normalized spacial score (nSPS) is 23.4. The largest absolute Gasteiger partial charge is 0.337 e. The summed E-state index contributed by atoms with van der Waals surface area (Å²) in [6.07, 6.45) is 4.44. The van der Waals surface area contributed by atoms with Gasteiger partial charge in [0.1, 0.15) is 0 Å². The van der Waals surface area contributed by atoms with Gasteiger partial charge in [-0.3, -0.25) is 3.53 Å². The lowest BCUT2D eigenvalue weighted by molar-refractivity contribution is 0.227. The molecule has 0 aromatic heterocycles. The van der Waals surface area contributed by atoms with E-state index in [9.17, 15) is 4.79 Å². The number of urea groups is 1. The lowest BCUT2D eigenvalue weighted by atomic mass is 9.92. The van der Waals surface area contributed by atoms with Crippen molar-refractivity contribution in [2.45, 2.75) is 51.6 Å². The number of rotatable bonds is 7. The molecule has 5 nitrogen and oxygen atoms in total. The van der Waals surface area contributed by atoms with Crippen molar-refractivity contribution in [3.63, 3.8) is 0 Å². The Morgan fingerprint density at radius 3 is 2.26 bits per heavy atom. The summed E-state index contributed by atoms with van der Waals surface area (Å²) >= 11 is 2.22. The van der Waals surface area contributed by atoms with Crippen molar-refractivity contribution in [2.75, 3.05) is 26.2 Å². The average molecular weight is 382 g/mol. The number of halogens is 1. The maximum absolute atomic E-state index is 11.8. The fraction of sp³-hybridized carbons (Fsp3) is 0.923. The van der Waals surface area contributed by atoms with Gasteiger partial charge in [0, 0.05) is 48.0 Å². The summed E-state index contributed by atoms with van der Waals surface area (Å²) in [6, 6.07) is 0.942. The molecule has 2 amide bonds. The zero-order chi connectivity index (χ0) is 14.1. The van der Waals surface area contributed by atoms with Crippen LogP contribution in [0.15, 0.2) is 0 Å². The monoisotopic (exact) mass is 382 g/mol. The van der Waals surface area contributed by atoms with E-state index in [1.54, 1.807) is 0 Å². The van der Waals surface area contributed by atoms with Gasteiger partial charge in [-0.25, -0.2) is 4.79 Å². The van der Waals surface area contributed by atoms with Gasteiger partial charge in [-0.2, -0.15) is 0 Å². The third-order valence-electron chi connectivity index (χ3n) is 3.82. The predicted molar refractivity (Wildman–Crippen MR) is 87.5 cm³/mol. The number of amides is 2. The Balaban J connectivity index is 2.11. The number of hydrogen-bond donors (Lipinski definition) is 3. The highest BCUT2D eigenvalue weighted by molar-refractivity contribution is 14.1. The highest BCUT2D eigenvalue weighted by Gasteiger charge is 2.21. The van der Waals surface area contributed by atoms with Crippen LogP contribution in [-0.4, -0.2) is 49.2 Å². The van der Waals surface area contributed by atoms with E-state index in [1.165, 1.54) is 0 Å². The van der Waals surface area contributed by atoms with Gasteiger partial charge >= 0.3 is 6.03 Å². The molecular weight excluding hydrogens is 355 g/mol. The number of likely N-dealkylation sites (N-methyl/N-ethyl adjacent to an activating group) is 1. The number of nitrogens with one attached hydrogen (secondary N) is 3. The Morgan fingerprint density at radius 2 is 1.74 bits per heavy atom. The van der Waals surface area contributed by atoms with Gasteiger partial charge in [-0.1, -0.05) is 13.8 Å². The highest BCUT2D eigenvalue weighted by atomic mass is 127. The van der Waals surface area contributed by atoms with Crippen LogP contribution in [0.3, 0.4) is 0 Å². The first kappa shape index (κ1) is 17.0. The molecule has 0 unspecified atom stereocenters. The van der Waals surface area contributed by atoms with Crippen LogP contribution in [0, 0.1) is 0 Å². The third kappa shape index (κ3) is 6.76. The fourth-order valence-corrected chi connectivity index (χ4v) is 3.07. The Hall–Kier alpha value is -0.0800.